The van der Waals surface area contributed by atoms with E-state index < -0.39 is 18.3 Å². The van der Waals surface area contributed by atoms with Crippen LogP contribution in [0.25, 0.3) is 0 Å². The number of alkyl halides is 3. The van der Waals surface area contributed by atoms with Gasteiger partial charge in [0.25, 0.3) is 5.56 Å². The Balaban J connectivity index is 2.44. The number of anilines is 1. The summed E-state index contributed by atoms with van der Waals surface area (Å²) in [5, 5.41) is 0. The molecule has 1 rings (SSSR count). The monoisotopic (exact) mass is 236 g/mol. The fraction of sp³-hybridized carbons (Fsp3) is 0.444. The van der Waals surface area contributed by atoms with Crippen molar-refractivity contribution < 1.29 is 17.9 Å². The van der Waals surface area contributed by atoms with Crippen molar-refractivity contribution in [1.82, 2.24) is 4.57 Å². The van der Waals surface area contributed by atoms with Gasteiger partial charge in [-0.15, -0.1) is 0 Å². The second kappa shape index (κ2) is 5.02. The van der Waals surface area contributed by atoms with Crippen molar-refractivity contribution in [3.63, 3.8) is 0 Å². The first-order valence-corrected chi connectivity index (χ1v) is 4.49. The first-order valence-electron chi connectivity index (χ1n) is 4.49. The maximum absolute atomic E-state index is 11.7. The predicted molar refractivity (Wildman–Crippen MR) is 52.0 cm³/mol. The molecule has 2 N–H and O–H groups in total. The van der Waals surface area contributed by atoms with Gasteiger partial charge in [-0.3, -0.25) is 4.79 Å². The molecule has 0 radical (unpaired) electrons. The number of hydrogen-bond donors (Lipinski definition) is 1. The number of nitrogen functional groups attached to an aromatic ring is 1. The topological polar surface area (TPSA) is 57.2 Å². The quantitative estimate of drug-likeness (QED) is 0.794. The van der Waals surface area contributed by atoms with E-state index in [4.69, 9.17) is 5.73 Å². The van der Waals surface area contributed by atoms with E-state index >= 15 is 0 Å². The summed E-state index contributed by atoms with van der Waals surface area (Å²) in [6.45, 7) is -1.47. The second-order valence-electron chi connectivity index (χ2n) is 3.13. The molecular weight excluding hydrogens is 225 g/mol. The number of halogens is 3. The van der Waals surface area contributed by atoms with Gasteiger partial charge in [0.05, 0.1) is 12.3 Å². The summed E-state index contributed by atoms with van der Waals surface area (Å²) >= 11 is 0. The van der Waals surface area contributed by atoms with E-state index in [-0.39, 0.29) is 18.8 Å². The molecule has 0 aliphatic carbocycles. The maximum Gasteiger partial charge on any atom is 0.411 e. The summed E-state index contributed by atoms with van der Waals surface area (Å²) in [5.74, 6) is 0. The number of rotatable bonds is 4. The van der Waals surface area contributed by atoms with Gasteiger partial charge in [-0.1, -0.05) is 0 Å². The zero-order valence-corrected chi connectivity index (χ0v) is 8.33. The van der Waals surface area contributed by atoms with Crippen molar-refractivity contribution in [3.05, 3.63) is 28.7 Å². The Morgan fingerprint density at radius 3 is 2.75 bits per heavy atom. The van der Waals surface area contributed by atoms with E-state index in [2.05, 4.69) is 4.74 Å². The highest BCUT2D eigenvalue weighted by atomic mass is 19.4. The highest BCUT2D eigenvalue weighted by molar-refractivity contribution is 5.33. The minimum absolute atomic E-state index is 0.0416. The lowest BCUT2D eigenvalue weighted by atomic mass is 10.4. The number of pyridine rings is 1. The highest BCUT2D eigenvalue weighted by Crippen LogP contribution is 2.14. The highest BCUT2D eigenvalue weighted by Gasteiger charge is 2.27. The zero-order valence-electron chi connectivity index (χ0n) is 8.33. The molecule has 1 aromatic rings. The van der Waals surface area contributed by atoms with Crippen molar-refractivity contribution >= 4 is 5.69 Å². The number of nitrogens with two attached hydrogens (primary N) is 1. The third-order valence-corrected chi connectivity index (χ3v) is 1.79. The number of ether oxygens (including phenoxy) is 1. The minimum Gasteiger partial charge on any atom is -0.394 e. The van der Waals surface area contributed by atoms with Crippen LogP contribution >= 0.6 is 0 Å². The van der Waals surface area contributed by atoms with Gasteiger partial charge in [0.1, 0.15) is 6.61 Å². The van der Waals surface area contributed by atoms with Crippen molar-refractivity contribution in [2.75, 3.05) is 18.9 Å². The molecule has 1 heterocycles. The molecular formula is C9H11F3N2O2. The molecule has 0 atom stereocenters. The van der Waals surface area contributed by atoms with Crippen molar-refractivity contribution in [2.24, 2.45) is 0 Å². The van der Waals surface area contributed by atoms with Gasteiger partial charge < -0.3 is 15.0 Å². The number of aromatic nitrogens is 1. The second-order valence-corrected chi connectivity index (χ2v) is 3.13. The SMILES string of the molecule is Nc1cccn(CCOCC(F)(F)F)c1=O. The Morgan fingerprint density at radius 2 is 2.12 bits per heavy atom. The zero-order chi connectivity index (χ0) is 12.2. The molecule has 90 valence electrons. The molecule has 0 aromatic carbocycles. The Bertz CT molecular complexity index is 400. The summed E-state index contributed by atoms with van der Waals surface area (Å²) in [6, 6.07) is 2.97. The molecule has 0 bridgehead atoms. The van der Waals surface area contributed by atoms with Gasteiger partial charge in [0.2, 0.25) is 0 Å². The first-order chi connectivity index (χ1) is 7.40. The van der Waals surface area contributed by atoms with Crippen LogP contribution in [0, 0.1) is 0 Å². The van der Waals surface area contributed by atoms with Gasteiger partial charge >= 0.3 is 6.18 Å². The summed E-state index contributed by atoms with van der Waals surface area (Å²) in [4.78, 5) is 11.3. The fourth-order valence-electron chi connectivity index (χ4n) is 1.08. The van der Waals surface area contributed by atoms with Crippen LogP contribution in [0.5, 0.6) is 0 Å². The van der Waals surface area contributed by atoms with E-state index in [1.165, 1.54) is 16.8 Å². The average Bonchev–Trinajstić information content (AvgIpc) is 2.17. The van der Waals surface area contributed by atoms with Crippen LogP contribution in [-0.2, 0) is 11.3 Å². The van der Waals surface area contributed by atoms with Crippen LogP contribution in [0.3, 0.4) is 0 Å². The lowest BCUT2D eigenvalue weighted by Crippen LogP contribution is -2.25. The normalized spacial score (nSPS) is 11.7. The largest absolute Gasteiger partial charge is 0.411 e. The molecule has 0 aliphatic heterocycles. The molecule has 7 heteroatoms. The van der Waals surface area contributed by atoms with Crippen molar-refractivity contribution in [3.8, 4) is 0 Å². The summed E-state index contributed by atoms with van der Waals surface area (Å²) in [7, 11) is 0. The summed E-state index contributed by atoms with van der Waals surface area (Å²) < 4.78 is 40.7. The standard InChI is InChI=1S/C9H11F3N2O2/c10-9(11,12)6-16-5-4-14-3-1-2-7(13)8(14)15/h1-3H,4-6,13H2. The van der Waals surface area contributed by atoms with Crippen molar-refractivity contribution in [1.29, 1.82) is 0 Å². The molecule has 1 aromatic heterocycles. The van der Waals surface area contributed by atoms with E-state index in [9.17, 15) is 18.0 Å². The van der Waals surface area contributed by atoms with Crippen LogP contribution < -0.4 is 11.3 Å². The van der Waals surface area contributed by atoms with Crippen LogP contribution in [0.2, 0.25) is 0 Å². The molecule has 0 fully saturated rings. The van der Waals surface area contributed by atoms with Gasteiger partial charge in [-0.2, -0.15) is 13.2 Å². The molecule has 16 heavy (non-hydrogen) atoms. The lowest BCUT2D eigenvalue weighted by molar-refractivity contribution is -0.174. The molecule has 0 saturated carbocycles. The minimum atomic E-state index is -4.35. The summed E-state index contributed by atoms with van der Waals surface area (Å²) in [6.07, 6.45) is -2.91. The summed E-state index contributed by atoms with van der Waals surface area (Å²) in [5.41, 5.74) is 4.96. The molecule has 0 amide bonds. The molecule has 0 spiro atoms. The van der Waals surface area contributed by atoms with Crippen LogP contribution in [-0.4, -0.2) is 24.0 Å². The van der Waals surface area contributed by atoms with E-state index in [1.807, 2.05) is 0 Å². The maximum atomic E-state index is 11.7. The third kappa shape index (κ3) is 3.93. The van der Waals surface area contributed by atoms with E-state index in [1.54, 1.807) is 6.07 Å². The van der Waals surface area contributed by atoms with Gasteiger partial charge in [-0.25, -0.2) is 0 Å². The Morgan fingerprint density at radius 1 is 1.44 bits per heavy atom. The lowest BCUT2D eigenvalue weighted by Gasteiger charge is -2.09. The number of hydrogen-bond acceptors (Lipinski definition) is 3. The predicted octanol–water partition coefficient (Wildman–Crippen LogP) is 1.01. The molecule has 0 saturated heterocycles. The number of nitrogens with zero attached hydrogens (tertiary/aromatic N) is 1. The van der Waals surface area contributed by atoms with Crippen LogP contribution in [0.1, 0.15) is 0 Å². The fourth-order valence-corrected chi connectivity index (χ4v) is 1.08. The average molecular weight is 236 g/mol. The molecule has 0 aliphatic rings. The first kappa shape index (κ1) is 12.6. The van der Waals surface area contributed by atoms with Gasteiger partial charge in [0.15, 0.2) is 0 Å². The Labute approximate surface area is 89.4 Å². The van der Waals surface area contributed by atoms with Crippen LogP contribution in [0.15, 0.2) is 23.1 Å². The third-order valence-electron chi connectivity index (χ3n) is 1.79. The van der Waals surface area contributed by atoms with Gasteiger partial charge in [0, 0.05) is 12.7 Å². The molecule has 4 nitrogen and oxygen atoms in total. The van der Waals surface area contributed by atoms with Crippen LogP contribution in [0.4, 0.5) is 18.9 Å². The Kier molecular flexibility index (Phi) is 3.94. The van der Waals surface area contributed by atoms with E-state index in [0.717, 1.165) is 0 Å². The molecule has 0 unspecified atom stereocenters. The van der Waals surface area contributed by atoms with Crippen molar-refractivity contribution in [2.45, 2.75) is 12.7 Å². The Hall–Kier alpha value is -1.50. The van der Waals surface area contributed by atoms with E-state index in [0.29, 0.717) is 0 Å². The van der Waals surface area contributed by atoms with Gasteiger partial charge in [-0.05, 0) is 12.1 Å². The smallest absolute Gasteiger partial charge is 0.394 e.